The zero-order valence-corrected chi connectivity index (χ0v) is 22.3. The number of allylic oxidation sites excluding steroid dienone is 1. The zero-order valence-electron chi connectivity index (χ0n) is 22.3. The predicted molar refractivity (Wildman–Crippen MR) is 145 cm³/mol. The largest absolute Gasteiger partial charge is 0.205 e. The van der Waals surface area contributed by atoms with Crippen molar-refractivity contribution in [2.75, 3.05) is 0 Å². The second-order valence-corrected chi connectivity index (χ2v) is 12.5. The average Bonchev–Trinajstić information content (AvgIpc) is 2.91. The Morgan fingerprint density at radius 3 is 1.39 bits per heavy atom. The molecule has 3 saturated carbocycles. The highest BCUT2D eigenvalue weighted by Crippen LogP contribution is 2.42. The first-order valence-corrected chi connectivity index (χ1v) is 15.1. The Morgan fingerprint density at radius 1 is 0.667 bits per heavy atom. The van der Waals surface area contributed by atoms with E-state index in [0.29, 0.717) is 0 Å². The first-order chi connectivity index (χ1) is 17.6. The summed E-state index contributed by atoms with van der Waals surface area (Å²) in [5.74, 6) is 3.43. The van der Waals surface area contributed by atoms with Gasteiger partial charge >= 0.3 is 0 Å². The Balaban J connectivity index is 1.08. The molecule has 0 saturated heterocycles. The van der Waals surface area contributed by atoms with Crippen LogP contribution in [0.15, 0.2) is 24.8 Å². The van der Waals surface area contributed by atoms with Gasteiger partial charge in [0.25, 0.3) is 0 Å². The highest BCUT2D eigenvalue weighted by Gasteiger charge is 2.27. The molecule has 1 aromatic carbocycles. The van der Waals surface area contributed by atoms with Gasteiger partial charge in [0.15, 0.2) is 0 Å². The number of halogens is 2. The molecule has 36 heavy (non-hydrogen) atoms. The molecule has 0 radical (unpaired) electrons. The van der Waals surface area contributed by atoms with Crippen LogP contribution in [0.2, 0.25) is 0 Å². The van der Waals surface area contributed by atoms with Crippen molar-refractivity contribution < 1.29 is 8.78 Å². The summed E-state index contributed by atoms with van der Waals surface area (Å²) >= 11 is 0. The van der Waals surface area contributed by atoms with Crippen LogP contribution >= 0.6 is 0 Å². The molecule has 0 spiro atoms. The van der Waals surface area contributed by atoms with Gasteiger partial charge in [0.2, 0.25) is 0 Å². The molecule has 1 aromatic rings. The van der Waals surface area contributed by atoms with Crippen LogP contribution in [0.1, 0.15) is 133 Å². The van der Waals surface area contributed by atoms with E-state index in [4.69, 9.17) is 5.26 Å². The van der Waals surface area contributed by atoms with Gasteiger partial charge in [-0.15, -0.1) is 6.58 Å². The Bertz CT molecular complexity index is 839. The van der Waals surface area contributed by atoms with Crippen molar-refractivity contribution in [3.8, 4) is 6.07 Å². The quantitative estimate of drug-likeness (QED) is 0.296. The lowest BCUT2D eigenvalue weighted by Crippen LogP contribution is -2.19. The van der Waals surface area contributed by atoms with E-state index in [1.165, 1.54) is 115 Å². The normalized spacial score (nSPS) is 31.0. The summed E-state index contributed by atoms with van der Waals surface area (Å²) < 4.78 is 28.1. The topological polar surface area (TPSA) is 23.8 Å². The van der Waals surface area contributed by atoms with Crippen LogP contribution in [0.3, 0.4) is 0 Å². The van der Waals surface area contributed by atoms with Crippen LogP contribution in [0.5, 0.6) is 0 Å². The van der Waals surface area contributed by atoms with E-state index < -0.39 is 17.2 Å². The lowest BCUT2D eigenvalue weighted by atomic mass is 9.72. The Labute approximate surface area is 218 Å². The molecular formula is C33H47F2N. The number of nitriles is 1. The third-order valence-corrected chi connectivity index (χ3v) is 10.2. The number of rotatable bonds is 10. The predicted octanol–water partition coefficient (Wildman–Crippen LogP) is 10.2. The fourth-order valence-electron chi connectivity index (χ4n) is 7.63. The molecule has 3 heteroatoms. The molecule has 0 heterocycles. The summed E-state index contributed by atoms with van der Waals surface area (Å²) in [5, 5.41) is 8.89. The number of hydrogen-bond acceptors (Lipinski definition) is 1. The fraction of sp³-hybridized carbons (Fsp3) is 0.727. The second-order valence-electron chi connectivity index (χ2n) is 12.5. The van der Waals surface area contributed by atoms with E-state index in [1.54, 1.807) is 6.07 Å². The monoisotopic (exact) mass is 495 g/mol. The van der Waals surface area contributed by atoms with Gasteiger partial charge in [-0.1, -0.05) is 83.1 Å². The zero-order chi connectivity index (χ0) is 25.3. The van der Waals surface area contributed by atoms with Crippen LogP contribution in [-0.2, 0) is 0 Å². The molecule has 0 unspecified atom stereocenters. The molecule has 0 aliphatic heterocycles. The summed E-state index contributed by atoms with van der Waals surface area (Å²) in [4.78, 5) is 0. The third kappa shape index (κ3) is 7.66. The summed E-state index contributed by atoms with van der Waals surface area (Å²) in [6, 6.07) is 4.41. The van der Waals surface area contributed by atoms with Crippen molar-refractivity contribution in [1.29, 1.82) is 5.26 Å². The Hall–Kier alpha value is -1.69. The van der Waals surface area contributed by atoms with Gasteiger partial charge < -0.3 is 0 Å². The van der Waals surface area contributed by atoms with Gasteiger partial charge in [-0.25, -0.2) is 8.78 Å². The molecular weight excluding hydrogens is 448 g/mol. The minimum atomic E-state index is -0.711. The van der Waals surface area contributed by atoms with Crippen molar-refractivity contribution in [2.24, 2.45) is 29.6 Å². The summed E-state index contributed by atoms with van der Waals surface area (Å²) in [5.41, 5.74) is 0.283. The van der Waals surface area contributed by atoms with Gasteiger partial charge in [0.1, 0.15) is 23.3 Å². The molecule has 0 atom stereocenters. The summed E-state index contributed by atoms with van der Waals surface area (Å²) in [6.07, 6.45) is 26.2. The first kappa shape index (κ1) is 27.3. The van der Waals surface area contributed by atoms with Crippen molar-refractivity contribution >= 4 is 0 Å². The highest BCUT2D eigenvalue weighted by molar-refractivity contribution is 5.36. The number of benzene rings is 1. The smallest absolute Gasteiger partial charge is 0.144 e. The maximum absolute atomic E-state index is 14.0. The molecule has 3 aliphatic rings. The fourth-order valence-corrected chi connectivity index (χ4v) is 7.63. The molecule has 0 bridgehead atoms. The third-order valence-electron chi connectivity index (χ3n) is 10.2. The van der Waals surface area contributed by atoms with Gasteiger partial charge in [0, 0.05) is 0 Å². The maximum Gasteiger partial charge on any atom is 0.144 e. The van der Waals surface area contributed by atoms with Crippen LogP contribution in [0.25, 0.3) is 0 Å². The summed E-state index contributed by atoms with van der Waals surface area (Å²) in [6.45, 7) is 3.88. The summed E-state index contributed by atoms with van der Waals surface area (Å²) in [7, 11) is 0. The van der Waals surface area contributed by atoms with Crippen LogP contribution in [-0.4, -0.2) is 0 Å². The van der Waals surface area contributed by atoms with Crippen molar-refractivity contribution in [2.45, 2.75) is 121 Å². The standard InChI is InChI=1S/C33H47F2N/c1-2-3-4-24-5-7-25(8-6-24)9-10-26-11-13-27(14-12-26)15-16-28-17-19-29(20-18-28)30-21-32(34)31(23-36)33(35)22-30/h2,21-22,24-29H,1,3-20H2. The lowest BCUT2D eigenvalue weighted by Gasteiger charge is -2.33. The maximum atomic E-state index is 14.0. The molecule has 198 valence electrons. The van der Waals surface area contributed by atoms with E-state index in [9.17, 15) is 8.78 Å². The molecule has 0 N–H and O–H groups in total. The van der Waals surface area contributed by atoms with E-state index >= 15 is 0 Å². The van der Waals surface area contributed by atoms with Crippen LogP contribution in [0.4, 0.5) is 8.78 Å². The average molecular weight is 496 g/mol. The van der Waals surface area contributed by atoms with Crippen molar-refractivity contribution in [1.82, 2.24) is 0 Å². The van der Waals surface area contributed by atoms with Crippen molar-refractivity contribution in [3.63, 3.8) is 0 Å². The number of nitrogens with zero attached hydrogens (tertiary/aromatic N) is 1. The van der Waals surface area contributed by atoms with E-state index in [-0.39, 0.29) is 5.92 Å². The molecule has 0 amide bonds. The van der Waals surface area contributed by atoms with Crippen LogP contribution in [0, 0.1) is 52.6 Å². The van der Waals surface area contributed by atoms with Gasteiger partial charge in [-0.3, -0.25) is 0 Å². The highest BCUT2D eigenvalue weighted by atomic mass is 19.1. The lowest BCUT2D eigenvalue weighted by molar-refractivity contribution is 0.200. The minimum absolute atomic E-state index is 0.232. The SMILES string of the molecule is C=CCCC1CCC(CCC2CCC(CCC3CCC(c4cc(F)c(C#N)c(F)c4)CC3)CC2)CC1. The van der Waals surface area contributed by atoms with Gasteiger partial charge in [0.05, 0.1) is 0 Å². The number of hydrogen-bond donors (Lipinski definition) is 0. The van der Waals surface area contributed by atoms with E-state index in [2.05, 4.69) is 12.7 Å². The Morgan fingerprint density at radius 2 is 1.03 bits per heavy atom. The molecule has 3 aliphatic carbocycles. The van der Waals surface area contributed by atoms with E-state index in [1.807, 2.05) is 0 Å². The van der Waals surface area contributed by atoms with E-state index in [0.717, 1.165) is 48.0 Å². The molecule has 1 nitrogen and oxygen atoms in total. The van der Waals surface area contributed by atoms with Crippen molar-refractivity contribution in [3.05, 3.63) is 47.5 Å². The minimum Gasteiger partial charge on any atom is -0.205 e. The molecule has 0 aromatic heterocycles. The first-order valence-electron chi connectivity index (χ1n) is 15.1. The van der Waals surface area contributed by atoms with Crippen LogP contribution < -0.4 is 0 Å². The molecule has 3 fully saturated rings. The molecule has 4 rings (SSSR count). The van der Waals surface area contributed by atoms with Gasteiger partial charge in [-0.2, -0.15) is 5.26 Å². The second kappa shape index (κ2) is 13.7. The Kier molecular flexibility index (Phi) is 10.4. The van der Waals surface area contributed by atoms with Gasteiger partial charge in [-0.05, 0) is 91.7 Å².